The highest BCUT2D eigenvalue weighted by Crippen LogP contribution is 2.34. The largest absolute Gasteiger partial charge is 0.493 e. The van der Waals surface area contributed by atoms with Gasteiger partial charge in [0.1, 0.15) is 0 Å². The maximum atomic E-state index is 12.8. The molecule has 0 bridgehead atoms. The Morgan fingerprint density at radius 3 is 2.66 bits per heavy atom. The lowest BCUT2D eigenvalue weighted by atomic mass is 10.2. The van der Waals surface area contributed by atoms with Crippen LogP contribution in [0.15, 0.2) is 79.8 Å². The topological polar surface area (TPSA) is 115 Å². The van der Waals surface area contributed by atoms with E-state index < -0.39 is 17.2 Å². The minimum Gasteiger partial charge on any atom is -0.493 e. The third-order valence-electron chi connectivity index (χ3n) is 4.84. The summed E-state index contributed by atoms with van der Waals surface area (Å²) < 4.78 is 12.5. The van der Waals surface area contributed by atoms with Crippen LogP contribution in [-0.4, -0.2) is 35.5 Å². The van der Waals surface area contributed by atoms with Gasteiger partial charge in [-0.2, -0.15) is 5.10 Å². The first kappa shape index (κ1) is 24.2. The van der Waals surface area contributed by atoms with Crippen molar-refractivity contribution in [1.82, 2.24) is 9.66 Å². The summed E-state index contributed by atoms with van der Waals surface area (Å²) in [4.78, 5) is 40.2. The summed E-state index contributed by atoms with van der Waals surface area (Å²) in [6.45, 7) is -0.335. The first-order valence-electron chi connectivity index (χ1n) is 10.2. The van der Waals surface area contributed by atoms with Crippen molar-refractivity contribution in [1.29, 1.82) is 0 Å². The smallest absolute Gasteiger partial charge is 0.349 e. The van der Waals surface area contributed by atoms with Crippen molar-refractivity contribution in [3.05, 3.63) is 96.6 Å². The number of aromatic amines is 1. The number of hydrogen-bond acceptors (Lipinski definition) is 6. The Morgan fingerprint density at radius 2 is 1.91 bits per heavy atom. The van der Waals surface area contributed by atoms with Crippen molar-refractivity contribution in [2.75, 3.05) is 19.0 Å². The van der Waals surface area contributed by atoms with Crippen LogP contribution in [-0.2, 0) is 4.79 Å². The van der Waals surface area contributed by atoms with Crippen LogP contribution >= 0.6 is 27.5 Å². The first-order valence-corrected chi connectivity index (χ1v) is 11.4. The second kappa shape index (κ2) is 10.6. The molecule has 0 atom stereocenters. The highest BCUT2D eigenvalue weighted by atomic mass is 79.9. The Balaban J connectivity index is 1.63. The zero-order valence-electron chi connectivity index (χ0n) is 18.2. The quantitative estimate of drug-likeness (QED) is 0.333. The van der Waals surface area contributed by atoms with Crippen LogP contribution in [0.1, 0.15) is 5.56 Å². The molecule has 9 nitrogen and oxygen atoms in total. The number of benzene rings is 3. The van der Waals surface area contributed by atoms with Gasteiger partial charge in [0, 0.05) is 20.7 Å². The summed E-state index contributed by atoms with van der Waals surface area (Å²) in [7, 11) is 1.45. The van der Waals surface area contributed by atoms with E-state index in [-0.39, 0.29) is 12.4 Å². The van der Waals surface area contributed by atoms with Gasteiger partial charge in [-0.25, -0.2) is 4.79 Å². The van der Waals surface area contributed by atoms with E-state index in [4.69, 9.17) is 21.1 Å². The minimum atomic E-state index is -0.697. The highest BCUT2D eigenvalue weighted by Gasteiger charge is 2.15. The monoisotopic (exact) mass is 556 g/mol. The lowest BCUT2D eigenvalue weighted by Gasteiger charge is -2.14. The van der Waals surface area contributed by atoms with Crippen LogP contribution in [0.25, 0.3) is 10.9 Å². The normalized spacial score (nSPS) is 11.1. The van der Waals surface area contributed by atoms with E-state index >= 15 is 0 Å². The Morgan fingerprint density at radius 1 is 1.17 bits per heavy atom. The molecule has 0 unspecified atom stereocenters. The molecule has 1 aromatic heterocycles. The molecular weight excluding hydrogens is 540 g/mol. The summed E-state index contributed by atoms with van der Waals surface area (Å²) >= 11 is 9.25. The van der Waals surface area contributed by atoms with E-state index in [0.29, 0.717) is 42.1 Å². The molecule has 0 radical (unpaired) electrons. The minimum absolute atomic E-state index is 0.205. The number of aromatic nitrogens is 2. The number of methoxy groups -OCH3 is 1. The Bertz CT molecular complexity index is 1550. The molecule has 4 aromatic rings. The van der Waals surface area contributed by atoms with Gasteiger partial charge in [0.05, 0.1) is 24.2 Å². The summed E-state index contributed by atoms with van der Waals surface area (Å²) in [5.41, 5.74) is 0.0651. The molecule has 0 fully saturated rings. The van der Waals surface area contributed by atoms with Crippen molar-refractivity contribution < 1.29 is 14.3 Å². The lowest BCUT2D eigenvalue weighted by Crippen LogP contribution is -2.32. The number of anilines is 1. The predicted molar refractivity (Wildman–Crippen MR) is 138 cm³/mol. The number of amides is 1. The molecule has 3 aromatic carbocycles. The molecule has 178 valence electrons. The standard InChI is InChI=1S/C24H18BrClN4O5/c1-34-20-11-15(25)10-14(22(20)35-13-21(31)28-17-8-6-16(26)7-9-17)12-27-30-23(32)18-4-2-3-5-19(18)29-24(30)33/h2-12H,13H2,1H3,(H,28,31)(H,29,33). The van der Waals surface area contributed by atoms with E-state index in [9.17, 15) is 14.4 Å². The van der Waals surface area contributed by atoms with Crippen molar-refractivity contribution in [2.45, 2.75) is 0 Å². The average molecular weight is 558 g/mol. The van der Waals surface area contributed by atoms with E-state index in [0.717, 1.165) is 0 Å². The zero-order chi connectivity index (χ0) is 24.9. The first-order chi connectivity index (χ1) is 16.9. The number of rotatable bonds is 7. The molecule has 0 aliphatic heterocycles. The van der Waals surface area contributed by atoms with Gasteiger partial charge in [-0.15, -0.1) is 4.68 Å². The van der Waals surface area contributed by atoms with Crippen molar-refractivity contribution in [3.8, 4) is 11.5 Å². The second-order valence-electron chi connectivity index (χ2n) is 7.21. The number of carbonyl (C=O) groups is 1. The zero-order valence-corrected chi connectivity index (χ0v) is 20.6. The SMILES string of the molecule is COc1cc(Br)cc(C=Nn2c(=O)[nH]c3ccccc3c2=O)c1OCC(=O)Nc1ccc(Cl)cc1. The van der Waals surface area contributed by atoms with Crippen molar-refractivity contribution in [2.24, 2.45) is 5.10 Å². The van der Waals surface area contributed by atoms with Gasteiger partial charge in [0.15, 0.2) is 18.1 Å². The average Bonchev–Trinajstić information content (AvgIpc) is 2.84. The molecule has 11 heteroatoms. The van der Waals surface area contributed by atoms with Gasteiger partial charge in [-0.05, 0) is 48.5 Å². The van der Waals surface area contributed by atoms with Crippen LogP contribution in [0.4, 0.5) is 5.69 Å². The summed E-state index contributed by atoms with van der Waals surface area (Å²) in [6, 6.07) is 16.6. The number of nitrogens with one attached hydrogen (secondary N) is 2. The lowest BCUT2D eigenvalue weighted by molar-refractivity contribution is -0.118. The Labute approximate surface area is 212 Å². The molecule has 0 saturated heterocycles. The molecule has 4 rings (SSSR count). The molecule has 0 aliphatic rings. The van der Waals surface area contributed by atoms with Gasteiger partial charge >= 0.3 is 5.69 Å². The number of para-hydroxylation sites is 1. The fraction of sp³-hybridized carbons (Fsp3) is 0.0833. The van der Waals surface area contributed by atoms with E-state index in [1.54, 1.807) is 60.7 Å². The van der Waals surface area contributed by atoms with Gasteiger partial charge in [0.25, 0.3) is 11.5 Å². The Hall–Kier alpha value is -3.89. The predicted octanol–water partition coefficient (Wildman–Crippen LogP) is 4.01. The third kappa shape index (κ3) is 5.61. The van der Waals surface area contributed by atoms with Gasteiger partial charge < -0.3 is 19.8 Å². The fourth-order valence-corrected chi connectivity index (χ4v) is 3.82. The summed E-state index contributed by atoms with van der Waals surface area (Å²) in [5.74, 6) is 0.109. The van der Waals surface area contributed by atoms with E-state index in [1.807, 2.05) is 0 Å². The summed E-state index contributed by atoms with van der Waals surface area (Å²) in [5, 5.41) is 7.63. The number of fused-ring (bicyclic) bond motifs is 1. The number of H-pyrrole nitrogens is 1. The fourth-order valence-electron chi connectivity index (χ4n) is 3.24. The second-order valence-corrected chi connectivity index (χ2v) is 8.56. The third-order valence-corrected chi connectivity index (χ3v) is 5.55. The number of halogens is 2. The molecule has 1 heterocycles. The van der Waals surface area contributed by atoms with Crippen LogP contribution in [0.5, 0.6) is 11.5 Å². The molecule has 0 aliphatic carbocycles. The van der Waals surface area contributed by atoms with Crippen LogP contribution < -0.4 is 26.0 Å². The van der Waals surface area contributed by atoms with Crippen LogP contribution in [0.3, 0.4) is 0 Å². The molecule has 0 spiro atoms. The number of hydrogen-bond donors (Lipinski definition) is 2. The Kier molecular flexibility index (Phi) is 7.33. The van der Waals surface area contributed by atoms with Crippen molar-refractivity contribution in [3.63, 3.8) is 0 Å². The molecule has 35 heavy (non-hydrogen) atoms. The van der Waals surface area contributed by atoms with Crippen LogP contribution in [0, 0.1) is 0 Å². The number of ether oxygens (including phenoxy) is 2. The maximum Gasteiger partial charge on any atom is 0.349 e. The summed E-state index contributed by atoms with van der Waals surface area (Å²) in [6.07, 6.45) is 1.28. The number of nitrogens with zero attached hydrogens (tertiary/aromatic N) is 2. The maximum absolute atomic E-state index is 12.8. The molecule has 2 N–H and O–H groups in total. The van der Waals surface area contributed by atoms with Crippen LogP contribution in [0.2, 0.25) is 5.02 Å². The molecule has 0 saturated carbocycles. The van der Waals surface area contributed by atoms with E-state index in [2.05, 4.69) is 31.3 Å². The van der Waals surface area contributed by atoms with Gasteiger partial charge in [0.2, 0.25) is 0 Å². The van der Waals surface area contributed by atoms with Gasteiger partial charge in [-0.1, -0.05) is 39.7 Å². The van der Waals surface area contributed by atoms with Gasteiger partial charge in [-0.3, -0.25) is 9.59 Å². The van der Waals surface area contributed by atoms with Crippen molar-refractivity contribution >= 4 is 56.2 Å². The number of carbonyl (C=O) groups excluding carboxylic acids is 1. The van der Waals surface area contributed by atoms with E-state index in [1.165, 1.54) is 13.3 Å². The highest BCUT2D eigenvalue weighted by molar-refractivity contribution is 9.10. The molecular formula is C24H18BrClN4O5. The molecule has 1 amide bonds.